The third-order valence-corrected chi connectivity index (χ3v) is 9.16. The highest BCUT2D eigenvalue weighted by Gasteiger charge is 2.30. The summed E-state index contributed by atoms with van der Waals surface area (Å²) in [6.45, 7) is 4.57. The van der Waals surface area contributed by atoms with E-state index >= 15 is 0 Å². The molecule has 0 aromatic carbocycles. The van der Waals surface area contributed by atoms with Gasteiger partial charge in [-0.25, -0.2) is 0 Å². The summed E-state index contributed by atoms with van der Waals surface area (Å²) < 4.78 is 5.97. The van der Waals surface area contributed by atoms with Gasteiger partial charge in [0.05, 0.1) is 5.92 Å². The fourth-order valence-corrected chi connectivity index (χ4v) is 6.65. The Labute approximate surface area is 211 Å². The molecule has 0 radical (unpaired) electrons. The quantitative estimate of drug-likeness (QED) is 0.171. The Bertz CT molecular complexity index is 605. The first-order valence-corrected chi connectivity index (χ1v) is 15.4. The van der Waals surface area contributed by atoms with Gasteiger partial charge in [-0.1, -0.05) is 83.5 Å². The van der Waals surface area contributed by atoms with Crippen LogP contribution in [0.25, 0.3) is 0 Å². The van der Waals surface area contributed by atoms with E-state index in [0.29, 0.717) is 11.8 Å². The Balaban J connectivity index is 1.27. The molecule has 0 amide bonds. The molecule has 2 nitrogen and oxygen atoms in total. The number of unbranched alkanes of at least 4 members (excludes halogenated alkanes) is 5. The average molecular weight is 471 g/mol. The van der Waals surface area contributed by atoms with Crippen molar-refractivity contribution in [1.82, 2.24) is 0 Å². The molecule has 0 spiro atoms. The summed E-state index contributed by atoms with van der Waals surface area (Å²) in [6.07, 6.45) is 26.9. The molecule has 0 unspecified atom stereocenters. The second-order valence-corrected chi connectivity index (χ2v) is 12.0. The number of carbonyl (C=O) groups is 1. The van der Waals surface area contributed by atoms with Crippen LogP contribution in [-0.2, 0) is 9.53 Å². The van der Waals surface area contributed by atoms with Gasteiger partial charge < -0.3 is 4.74 Å². The van der Waals surface area contributed by atoms with Gasteiger partial charge in [0, 0.05) is 11.8 Å². The van der Waals surface area contributed by atoms with Gasteiger partial charge in [-0.2, -0.15) is 0 Å². The number of carbonyl (C=O) groups excluding carboxylic acids is 1. The molecular formula is C32H54O2. The van der Waals surface area contributed by atoms with Crippen LogP contribution in [0.2, 0.25) is 0 Å². The van der Waals surface area contributed by atoms with Gasteiger partial charge in [-0.3, -0.25) is 4.79 Å². The zero-order valence-corrected chi connectivity index (χ0v) is 22.6. The van der Waals surface area contributed by atoms with Gasteiger partial charge in [0.1, 0.15) is 6.10 Å². The molecule has 34 heavy (non-hydrogen) atoms. The van der Waals surface area contributed by atoms with E-state index in [1.54, 1.807) is 0 Å². The van der Waals surface area contributed by atoms with Crippen LogP contribution in [0.15, 0.2) is 0 Å². The van der Waals surface area contributed by atoms with Crippen molar-refractivity contribution in [2.75, 3.05) is 0 Å². The second kappa shape index (κ2) is 15.9. The molecule has 3 aliphatic rings. The molecule has 0 heterocycles. The standard InChI is InChI=1S/C32H54O2/c1-3-5-7-9-11-26-12-14-28(15-13-26)16-17-29-18-22-30(23-19-29)32(33)34-31-24-20-27(21-25-31)10-8-6-4-2/h26-31H,3-15,18-25H2,1-2H3. The SMILES string of the molecule is CCCCCCC1CCC(C#CC2CCC(C(=O)OC3CCC(CCCCC)CC3)CC2)CC1. The van der Waals surface area contributed by atoms with Crippen LogP contribution in [0.5, 0.6) is 0 Å². The van der Waals surface area contributed by atoms with Crippen LogP contribution in [0.1, 0.15) is 149 Å². The predicted octanol–water partition coefficient (Wildman–Crippen LogP) is 9.26. The molecule has 0 N–H and O–H groups in total. The number of esters is 1. The first-order valence-electron chi connectivity index (χ1n) is 15.4. The molecule has 194 valence electrons. The smallest absolute Gasteiger partial charge is 0.309 e. The van der Waals surface area contributed by atoms with Gasteiger partial charge >= 0.3 is 5.97 Å². The van der Waals surface area contributed by atoms with E-state index in [-0.39, 0.29) is 18.0 Å². The van der Waals surface area contributed by atoms with E-state index in [0.717, 1.165) is 50.4 Å². The molecule has 0 saturated heterocycles. The van der Waals surface area contributed by atoms with Crippen molar-refractivity contribution in [3.8, 4) is 11.8 Å². The van der Waals surface area contributed by atoms with E-state index in [4.69, 9.17) is 4.74 Å². The molecule has 3 rings (SSSR count). The van der Waals surface area contributed by atoms with Crippen LogP contribution in [-0.4, -0.2) is 12.1 Å². The lowest BCUT2D eigenvalue weighted by molar-refractivity contribution is -0.157. The van der Waals surface area contributed by atoms with E-state index in [2.05, 4.69) is 25.7 Å². The Morgan fingerprint density at radius 3 is 1.65 bits per heavy atom. The van der Waals surface area contributed by atoms with Crippen molar-refractivity contribution in [2.45, 2.75) is 155 Å². The highest BCUT2D eigenvalue weighted by Crippen LogP contribution is 2.34. The first kappa shape index (κ1) is 27.6. The number of rotatable bonds is 11. The van der Waals surface area contributed by atoms with Crippen molar-refractivity contribution in [3.63, 3.8) is 0 Å². The van der Waals surface area contributed by atoms with Crippen LogP contribution in [0.3, 0.4) is 0 Å². The number of ether oxygens (including phenoxy) is 1. The molecule has 0 bridgehead atoms. The lowest BCUT2D eigenvalue weighted by atomic mass is 9.79. The fraction of sp³-hybridized carbons (Fsp3) is 0.906. The lowest BCUT2D eigenvalue weighted by Gasteiger charge is -2.31. The van der Waals surface area contributed by atoms with Crippen molar-refractivity contribution in [2.24, 2.45) is 29.6 Å². The Morgan fingerprint density at radius 2 is 1.09 bits per heavy atom. The minimum atomic E-state index is 0.0955. The van der Waals surface area contributed by atoms with E-state index in [9.17, 15) is 4.79 Å². The van der Waals surface area contributed by atoms with Crippen molar-refractivity contribution in [3.05, 3.63) is 0 Å². The van der Waals surface area contributed by atoms with E-state index in [1.807, 2.05) is 0 Å². The van der Waals surface area contributed by atoms with Gasteiger partial charge in [0.2, 0.25) is 0 Å². The summed E-state index contributed by atoms with van der Waals surface area (Å²) in [7, 11) is 0. The zero-order chi connectivity index (χ0) is 24.0. The van der Waals surface area contributed by atoms with Gasteiger partial charge in [0.15, 0.2) is 0 Å². The Morgan fingerprint density at radius 1 is 0.618 bits per heavy atom. The summed E-state index contributed by atoms with van der Waals surface area (Å²) in [5.41, 5.74) is 0. The van der Waals surface area contributed by atoms with Gasteiger partial charge in [0.25, 0.3) is 0 Å². The van der Waals surface area contributed by atoms with Crippen LogP contribution in [0, 0.1) is 41.4 Å². The molecule has 0 aliphatic heterocycles. The topological polar surface area (TPSA) is 26.3 Å². The van der Waals surface area contributed by atoms with Crippen molar-refractivity contribution in [1.29, 1.82) is 0 Å². The predicted molar refractivity (Wildman–Crippen MR) is 143 cm³/mol. The molecule has 0 aromatic heterocycles. The third-order valence-electron chi connectivity index (χ3n) is 9.16. The summed E-state index contributed by atoms with van der Waals surface area (Å²) in [5, 5.41) is 0. The highest BCUT2D eigenvalue weighted by molar-refractivity contribution is 5.72. The van der Waals surface area contributed by atoms with Gasteiger partial charge in [-0.05, 0) is 88.9 Å². The molecule has 2 heteroatoms. The normalized spacial score (nSPS) is 31.9. The minimum absolute atomic E-state index is 0.0955. The third kappa shape index (κ3) is 9.95. The maximum atomic E-state index is 12.8. The van der Waals surface area contributed by atoms with Crippen LogP contribution >= 0.6 is 0 Å². The van der Waals surface area contributed by atoms with E-state index in [1.165, 1.54) is 96.3 Å². The van der Waals surface area contributed by atoms with Crippen molar-refractivity contribution >= 4 is 5.97 Å². The lowest BCUT2D eigenvalue weighted by Crippen LogP contribution is -2.30. The monoisotopic (exact) mass is 470 g/mol. The first-order chi connectivity index (χ1) is 16.7. The Hall–Kier alpha value is -0.970. The largest absolute Gasteiger partial charge is 0.462 e. The van der Waals surface area contributed by atoms with Crippen LogP contribution in [0.4, 0.5) is 0 Å². The molecular weight excluding hydrogens is 416 g/mol. The summed E-state index contributed by atoms with van der Waals surface area (Å²) in [6, 6.07) is 0. The molecule has 3 fully saturated rings. The number of hydrogen-bond acceptors (Lipinski definition) is 2. The van der Waals surface area contributed by atoms with Crippen molar-refractivity contribution < 1.29 is 9.53 Å². The van der Waals surface area contributed by atoms with Gasteiger partial charge in [-0.15, -0.1) is 0 Å². The number of hydrogen-bond donors (Lipinski definition) is 0. The average Bonchev–Trinajstić information content (AvgIpc) is 2.87. The minimum Gasteiger partial charge on any atom is -0.462 e. The summed E-state index contributed by atoms with van der Waals surface area (Å²) >= 11 is 0. The molecule has 3 saturated carbocycles. The summed E-state index contributed by atoms with van der Waals surface area (Å²) in [4.78, 5) is 12.8. The second-order valence-electron chi connectivity index (χ2n) is 12.0. The summed E-state index contributed by atoms with van der Waals surface area (Å²) in [5.74, 6) is 10.5. The van der Waals surface area contributed by atoms with Crippen LogP contribution < -0.4 is 0 Å². The maximum Gasteiger partial charge on any atom is 0.309 e. The zero-order valence-electron chi connectivity index (χ0n) is 22.6. The highest BCUT2D eigenvalue weighted by atomic mass is 16.5. The fourth-order valence-electron chi connectivity index (χ4n) is 6.65. The molecule has 3 aliphatic carbocycles. The van der Waals surface area contributed by atoms with E-state index < -0.39 is 0 Å². The maximum absolute atomic E-state index is 12.8. The molecule has 0 aromatic rings. The molecule has 0 atom stereocenters. The Kier molecular flexibility index (Phi) is 12.9.